The lowest BCUT2D eigenvalue weighted by Gasteiger charge is -2.23. The van der Waals surface area contributed by atoms with Crippen LogP contribution in [0.5, 0.6) is 5.75 Å². The van der Waals surface area contributed by atoms with Crippen molar-refractivity contribution in [1.29, 1.82) is 0 Å². The lowest BCUT2D eigenvalue weighted by atomic mass is 10.1. The molecule has 2 aliphatic heterocycles. The molecule has 0 aromatic heterocycles. The molecule has 1 aromatic carbocycles. The van der Waals surface area contributed by atoms with E-state index >= 15 is 0 Å². The first kappa shape index (κ1) is 15.6. The van der Waals surface area contributed by atoms with Gasteiger partial charge in [-0.2, -0.15) is 0 Å². The molecule has 3 rings (SSSR count). The second kappa shape index (κ2) is 5.53. The molecule has 5 heteroatoms. The Bertz CT molecular complexity index is 528. The Balaban J connectivity index is 0.00000147. The van der Waals surface area contributed by atoms with Crippen LogP contribution in [-0.4, -0.2) is 30.0 Å². The number of fused-ring (bicyclic) bond motifs is 1. The van der Waals surface area contributed by atoms with Gasteiger partial charge < -0.3 is 15.0 Å². The fourth-order valence-corrected chi connectivity index (χ4v) is 3.65. The van der Waals surface area contributed by atoms with Gasteiger partial charge in [0, 0.05) is 25.4 Å². The van der Waals surface area contributed by atoms with E-state index in [4.69, 9.17) is 4.74 Å². The first-order chi connectivity index (χ1) is 8.97. The van der Waals surface area contributed by atoms with Crippen molar-refractivity contribution in [2.45, 2.75) is 26.5 Å². The van der Waals surface area contributed by atoms with Crippen LogP contribution >= 0.6 is 28.7 Å². The maximum absolute atomic E-state index is 6.11. The number of aryl methyl sites for hydroxylation is 2. The predicted octanol–water partition coefficient (Wildman–Crippen LogP) is 3.92. The highest BCUT2D eigenvalue weighted by Gasteiger charge is 2.34. The van der Waals surface area contributed by atoms with Crippen LogP contribution in [-0.2, 0) is 0 Å². The van der Waals surface area contributed by atoms with E-state index in [1.807, 2.05) is 11.8 Å². The Hall–Kier alpha value is -0.810. The van der Waals surface area contributed by atoms with E-state index < -0.39 is 5.72 Å². The normalized spacial score (nSPS) is 26.0. The zero-order valence-corrected chi connectivity index (χ0v) is 14.8. The van der Waals surface area contributed by atoms with Crippen LogP contribution in [0.3, 0.4) is 0 Å². The summed E-state index contributed by atoms with van der Waals surface area (Å²) in [5.74, 6) is 2.11. The summed E-state index contributed by atoms with van der Waals surface area (Å²) in [6, 6.07) is 4.28. The molecule has 1 N–H and O–H groups in total. The minimum atomic E-state index is -0.441. The molecule has 0 radical (unpaired) electrons. The van der Waals surface area contributed by atoms with Crippen molar-refractivity contribution in [2.24, 2.45) is 0 Å². The summed E-state index contributed by atoms with van der Waals surface area (Å²) in [6.45, 7) is 7.44. The number of anilines is 1. The van der Waals surface area contributed by atoms with Crippen LogP contribution in [0.15, 0.2) is 23.2 Å². The molecule has 1 saturated heterocycles. The lowest BCUT2D eigenvalue weighted by molar-refractivity contribution is 0.191. The first-order valence-electron chi connectivity index (χ1n) is 6.62. The second-order valence-corrected chi connectivity index (χ2v) is 6.63. The molecule has 2 aliphatic rings. The van der Waals surface area contributed by atoms with Crippen molar-refractivity contribution in [3.8, 4) is 5.75 Å². The number of nitrogens with zero attached hydrogens (tertiary/aromatic N) is 1. The van der Waals surface area contributed by atoms with E-state index in [2.05, 4.69) is 56.2 Å². The minimum absolute atomic E-state index is 0. The van der Waals surface area contributed by atoms with Crippen molar-refractivity contribution >= 4 is 34.4 Å². The largest absolute Gasteiger partial charge is 0.463 e. The Morgan fingerprint density at radius 3 is 2.70 bits per heavy atom. The lowest BCUT2D eigenvalue weighted by Crippen LogP contribution is -2.35. The quantitative estimate of drug-likeness (QED) is 0.823. The number of halogens is 1. The number of rotatable bonds is 1. The molecule has 0 saturated carbocycles. The smallest absolute Gasteiger partial charge is 0.200 e. The van der Waals surface area contributed by atoms with Gasteiger partial charge in [-0.05, 0) is 44.0 Å². The van der Waals surface area contributed by atoms with Crippen LogP contribution < -0.4 is 10.1 Å². The zero-order chi connectivity index (χ0) is 13.6. The monoisotopic (exact) mass is 356 g/mol. The number of ether oxygens (including phenoxy) is 1. The van der Waals surface area contributed by atoms with Gasteiger partial charge >= 0.3 is 0 Å². The van der Waals surface area contributed by atoms with Crippen LogP contribution in [0.2, 0.25) is 0 Å². The third-order valence-electron chi connectivity index (χ3n) is 3.75. The summed E-state index contributed by atoms with van der Waals surface area (Å²) >= 11 is 1.89. The molecule has 20 heavy (non-hydrogen) atoms. The van der Waals surface area contributed by atoms with E-state index in [0.717, 1.165) is 23.7 Å². The van der Waals surface area contributed by atoms with Crippen LogP contribution in [0.1, 0.15) is 18.1 Å². The number of thioether (sulfide) groups is 1. The van der Waals surface area contributed by atoms with Gasteiger partial charge in [0.05, 0.1) is 10.7 Å². The summed E-state index contributed by atoms with van der Waals surface area (Å²) in [5, 5.41) is 4.78. The average molecular weight is 357 g/mol. The fourth-order valence-electron chi connectivity index (χ4n) is 2.45. The van der Waals surface area contributed by atoms with Gasteiger partial charge in [0.2, 0.25) is 0 Å². The highest BCUT2D eigenvalue weighted by Crippen LogP contribution is 2.40. The molecule has 110 valence electrons. The summed E-state index contributed by atoms with van der Waals surface area (Å²) in [5.41, 5.74) is 3.21. The highest BCUT2D eigenvalue weighted by atomic mass is 79.9. The molecular formula is C15H21BrN2OS. The van der Waals surface area contributed by atoms with E-state index in [-0.39, 0.29) is 17.0 Å². The maximum Gasteiger partial charge on any atom is 0.200 e. The molecule has 1 atom stereocenters. The predicted molar refractivity (Wildman–Crippen MR) is 92.1 cm³/mol. The van der Waals surface area contributed by atoms with Gasteiger partial charge in [-0.1, -0.05) is 0 Å². The SMILES string of the molecule is Br.Cc1cc2c(cc1C)OC(C)(C=C1SCCN1C)N2. The zero-order valence-electron chi connectivity index (χ0n) is 12.3. The number of hydrogen-bond acceptors (Lipinski definition) is 4. The summed E-state index contributed by atoms with van der Waals surface area (Å²) < 4.78 is 6.11. The Kier molecular flexibility index (Phi) is 4.30. The van der Waals surface area contributed by atoms with Gasteiger partial charge in [0.1, 0.15) is 5.75 Å². The molecule has 0 amide bonds. The summed E-state index contributed by atoms with van der Waals surface area (Å²) in [6.07, 6.45) is 2.19. The third kappa shape index (κ3) is 2.79. The summed E-state index contributed by atoms with van der Waals surface area (Å²) in [4.78, 5) is 2.28. The topological polar surface area (TPSA) is 24.5 Å². The molecular weight excluding hydrogens is 336 g/mol. The van der Waals surface area contributed by atoms with Crippen LogP contribution in [0.25, 0.3) is 0 Å². The Morgan fingerprint density at radius 2 is 2.05 bits per heavy atom. The van der Waals surface area contributed by atoms with Gasteiger partial charge in [-0.3, -0.25) is 0 Å². The number of hydrogen-bond donors (Lipinski definition) is 1. The summed E-state index contributed by atoms with van der Waals surface area (Å²) in [7, 11) is 2.13. The highest BCUT2D eigenvalue weighted by molar-refractivity contribution is 8.93. The number of nitrogens with one attached hydrogen (secondary N) is 1. The average Bonchev–Trinajstić information content (AvgIpc) is 2.84. The van der Waals surface area contributed by atoms with Crippen molar-refractivity contribution in [2.75, 3.05) is 24.7 Å². The standard InChI is InChI=1S/C15H20N2OS.BrH/c1-10-7-12-13(8-11(10)2)18-15(3,16-12)9-14-17(4)5-6-19-14;/h7-9,16H,5-6H2,1-4H3;1H. The molecule has 1 fully saturated rings. The molecule has 0 spiro atoms. The Morgan fingerprint density at radius 1 is 1.35 bits per heavy atom. The molecule has 1 unspecified atom stereocenters. The van der Waals surface area contributed by atoms with Gasteiger partial charge in [-0.25, -0.2) is 0 Å². The Labute approximate surface area is 135 Å². The van der Waals surface area contributed by atoms with Crippen molar-refractivity contribution in [1.82, 2.24) is 4.90 Å². The van der Waals surface area contributed by atoms with Gasteiger partial charge in [-0.15, -0.1) is 28.7 Å². The van der Waals surface area contributed by atoms with Crippen molar-refractivity contribution < 1.29 is 4.74 Å². The molecule has 0 bridgehead atoms. The fraction of sp³-hybridized carbons (Fsp3) is 0.467. The van der Waals surface area contributed by atoms with Crippen LogP contribution in [0.4, 0.5) is 5.69 Å². The molecule has 2 heterocycles. The third-order valence-corrected chi connectivity index (χ3v) is 4.86. The van der Waals surface area contributed by atoms with Crippen molar-refractivity contribution in [3.05, 3.63) is 34.4 Å². The second-order valence-electron chi connectivity index (χ2n) is 5.52. The first-order valence-corrected chi connectivity index (χ1v) is 7.61. The molecule has 1 aromatic rings. The molecule has 3 nitrogen and oxygen atoms in total. The molecule has 0 aliphatic carbocycles. The van der Waals surface area contributed by atoms with Gasteiger partial charge in [0.25, 0.3) is 0 Å². The van der Waals surface area contributed by atoms with E-state index in [1.165, 1.54) is 16.2 Å². The maximum atomic E-state index is 6.11. The van der Waals surface area contributed by atoms with E-state index in [9.17, 15) is 0 Å². The number of benzene rings is 1. The van der Waals surface area contributed by atoms with E-state index in [0.29, 0.717) is 0 Å². The van der Waals surface area contributed by atoms with E-state index in [1.54, 1.807) is 0 Å². The van der Waals surface area contributed by atoms with Crippen molar-refractivity contribution in [3.63, 3.8) is 0 Å². The van der Waals surface area contributed by atoms with Gasteiger partial charge in [0.15, 0.2) is 5.72 Å². The minimum Gasteiger partial charge on any atom is -0.463 e. The van der Waals surface area contributed by atoms with Crippen LogP contribution in [0, 0.1) is 13.8 Å².